The number of hydrogen-bond donors (Lipinski definition) is 2. The van der Waals surface area contributed by atoms with E-state index in [1.165, 1.54) is 12.8 Å². The zero-order valence-corrected chi connectivity index (χ0v) is 14.7. The van der Waals surface area contributed by atoms with E-state index in [9.17, 15) is 4.79 Å². The van der Waals surface area contributed by atoms with Crippen LogP contribution >= 0.6 is 0 Å². The molecular formula is C19H27N5O. The number of nitrogens with zero attached hydrogens (tertiary/aromatic N) is 3. The summed E-state index contributed by atoms with van der Waals surface area (Å²) in [5, 5.41) is 6.12. The van der Waals surface area contributed by atoms with Crippen LogP contribution in [0.1, 0.15) is 32.1 Å². The standard InChI is InChI=1S/C19H27N5O/c25-19(22-15-8-12-23(13-9-15)16-6-7-16)20-10-3-11-24-14-21-17-4-1-2-5-18(17)24/h1-2,4-5,14-16H,3,6-13H2,(H2,20,22,25). The highest BCUT2D eigenvalue weighted by Gasteiger charge is 2.31. The van der Waals surface area contributed by atoms with Crippen molar-refractivity contribution in [3.8, 4) is 0 Å². The smallest absolute Gasteiger partial charge is 0.315 e. The largest absolute Gasteiger partial charge is 0.338 e. The third-order valence-corrected chi connectivity index (χ3v) is 5.32. The third-order valence-electron chi connectivity index (χ3n) is 5.32. The van der Waals surface area contributed by atoms with E-state index in [1.54, 1.807) is 0 Å². The number of fused-ring (bicyclic) bond motifs is 1. The average molecular weight is 341 g/mol. The van der Waals surface area contributed by atoms with Gasteiger partial charge in [0.15, 0.2) is 0 Å². The summed E-state index contributed by atoms with van der Waals surface area (Å²) in [6.45, 7) is 3.80. The number of hydrogen-bond acceptors (Lipinski definition) is 3. The SMILES string of the molecule is O=C(NCCCn1cnc2ccccc21)NC1CCN(C2CC2)CC1. The first kappa shape index (κ1) is 16.4. The van der Waals surface area contributed by atoms with Crippen LogP contribution in [0.3, 0.4) is 0 Å². The van der Waals surface area contributed by atoms with Gasteiger partial charge in [-0.25, -0.2) is 9.78 Å². The third kappa shape index (κ3) is 4.12. The number of nitrogens with one attached hydrogen (secondary N) is 2. The molecule has 0 atom stereocenters. The molecule has 1 aromatic heterocycles. The molecule has 0 radical (unpaired) electrons. The fourth-order valence-corrected chi connectivity index (χ4v) is 3.72. The summed E-state index contributed by atoms with van der Waals surface area (Å²) in [6.07, 6.45) is 7.65. The van der Waals surface area contributed by atoms with Gasteiger partial charge >= 0.3 is 6.03 Å². The second-order valence-corrected chi connectivity index (χ2v) is 7.22. The lowest BCUT2D eigenvalue weighted by molar-refractivity contribution is 0.186. The van der Waals surface area contributed by atoms with Gasteiger partial charge in [0.05, 0.1) is 17.4 Å². The molecule has 134 valence electrons. The summed E-state index contributed by atoms with van der Waals surface area (Å²) >= 11 is 0. The van der Waals surface area contributed by atoms with Crippen LogP contribution in [0, 0.1) is 0 Å². The van der Waals surface area contributed by atoms with Gasteiger partial charge < -0.3 is 20.1 Å². The molecule has 2 fully saturated rings. The number of aryl methyl sites for hydroxylation is 1. The lowest BCUT2D eigenvalue weighted by Crippen LogP contribution is -2.48. The number of likely N-dealkylation sites (tertiary alicyclic amines) is 1. The molecule has 1 saturated heterocycles. The first-order valence-corrected chi connectivity index (χ1v) is 9.48. The number of benzene rings is 1. The van der Waals surface area contributed by atoms with Crippen LogP contribution < -0.4 is 10.6 Å². The number of rotatable bonds is 6. The molecule has 1 aromatic carbocycles. The number of carbonyl (C=O) groups excluding carboxylic acids is 1. The fraction of sp³-hybridized carbons (Fsp3) is 0.579. The minimum absolute atomic E-state index is 0.0274. The van der Waals surface area contributed by atoms with Gasteiger partial charge in [-0.05, 0) is 44.2 Å². The number of urea groups is 1. The number of aromatic nitrogens is 2. The molecule has 0 unspecified atom stereocenters. The maximum atomic E-state index is 12.1. The summed E-state index contributed by atoms with van der Waals surface area (Å²) in [7, 11) is 0. The van der Waals surface area contributed by atoms with Gasteiger partial charge in [0, 0.05) is 38.3 Å². The summed E-state index contributed by atoms with van der Waals surface area (Å²) in [4.78, 5) is 19.0. The quantitative estimate of drug-likeness (QED) is 0.793. The van der Waals surface area contributed by atoms with Crippen molar-refractivity contribution in [2.45, 2.75) is 50.7 Å². The van der Waals surface area contributed by atoms with Crippen LogP contribution in [0.25, 0.3) is 11.0 Å². The van der Waals surface area contributed by atoms with E-state index in [2.05, 4.69) is 31.2 Å². The topological polar surface area (TPSA) is 62.2 Å². The van der Waals surface area contributed by atoms with E-state index in [0.717, 1.165) is 56.0 Å². The van der Waals surface area contributed by atoms with Crippen molar-refractivity contribution in [3.63, 3.8) is 0 Å². The Morgan fingerprint density at radius 3 is 2.76 bits per heavy atom. The number of imidazole rings is 1. The summed E-state index contributed by atoms with van der Waals surface area (Å²) in [5.41, 5.74) is 2.17. The van der Waals surface area contributed by atoms with E-state index >= 15 is 0 Å². The van der Waals surface area contributed by atoms with Crippen LogP contribution in [0.5, 0.6) is 0 Å². The number of piperidine rings is 1. The first-order valence-electron chi connectivity index (χ1n) is 9.48. The Morgan fingerprint density at radius 1 is 1.16 bits per heavy atom. The molecule has 2 aromatic rings. The average Bonchev–Trinajstić information content (AvgIpc) is 3.40. The fourth-order valence-electron chi connectivity index (χ4n) is 3.72. The van der Waals surface area contributed by atoms with Crippen molar-refractivity contribution in [1.82, 2.24) is 25.1 Å². The predicted octanol–water partition coefficient (Wildman–Crippen LogP) is 2.35. The highest BCUT2D eigenvalue weighted by Crippen LogP contribution is 2.29. The van der Waals surface area contributed by atoms with Crippen molar-refractivity contribution in [2.75, 3.05) is 19.6 Å². The van der Waals surface area contributed by atoms with Crippen LogP contribution in [0.4, 0.5) is 4.79 Å². The first-order chi connectivity index (χ1) is 12.3. The van der Waals surface area contributed by atoms with E-state index in [0.29, 0.717) is 12.6 Å². The normalized spacial score (nSPS) is 19.2. The molecule has 1 aliphatic carbocycles. The molecule has 2 heterocycles. The van der Waals surface area contributed by atoms with E-state index in [-0.39, 0.29) is 6.03 Å². The lowest BCUT2D eigenvalue weighted by atomic mass is 10.1. The Morgan fingerprint density at radius 2 is 1.96 bits per heavy atom. The maximum Gasteiger partial charge on any atom is 0.315 e. The molecule has 1 aliphatic heterocycles. The van der Waals surface area contributed by atoms with Gasteiger partial charge in [-0.1, -0.05) is 12.1 Å². The molecule has 25 heavy (non-hydrogen) atoms. The van der Waals surface area contributed by atoms with Crippen LogP contribution in [-0.4, -0.2) is 52.2 Å². The van der Waals surface area contributed by atoms with E-state index < -0.39 is 0 Å². The Kier molecular flexibility index (Phi) is 4.88. The Hall–Kier alpha value is -2.08. The van der Waals surface area contributed by atoms with Crippen molar-refractivity contribution in [3.05, 3.63) is 30.6 Å². The minimum Gasteiger partial charge on any atom is -0.338 e. The van der Waals surface area contributed by atoms with Crippen molar-refractivity contribution in [1.29, 1.82) is 0 Å². The molecule has 6 nitrogen and oxygen atoms in total. The lowest BCUT2D eigenvalue weighted by Gasteiger charge is -2.32. The highest BCUT2D eigenvalue weighted by atomic mass is 16.2. The van der Waals surface area contributed by atoms with Crippen molar-refractivity contribution < 1.29 is 4.79 Å². The zero-order chi connectivity index (χ0) is 17.1. The van der Waals surface area contributed by atoms with E-state index in [4.69, 9.17) is 0 Å². The van der Waals surface area contributed by atoms with Gasteiger partial charge in [-0.3, -0.25) is 0 Å². The second-order valence-electron chi connectivity index (χ2n) is 7.22. The molecule has 4 rings (SSSR count). The highest BCUT2D eigenvalue weighted by molar-refractivity contribution is 5.75. The van der Waals surface area contributed by atoms with Gasteiger partial charge in [-0.2, -0.15) is 0 Å². The van der Waals surface area contributed by atoms with Crippen LogP contribution in [0.2, 0.25) is 0 Å². The van der Waals surface area contributed by atoms with Crippen LogP contribution in [-0.2, 0) is 6.54 Å². The number of amides is 2. The minimum atomic E-state index is -0.0274. The van der Waals surface area contributed by atoms with Crippen LogP contribution in [0.15, 0.2) is 30.6 Å². The van der Waals surface area contributed by atoms with Gasteiger partial charge in [-0.15, -0.1) is 0 Å². The van der Waals surface area contributed by atoms with Gasteiger partial charge in [0.25, 0.3) is 0 Å². The molecule has 2 aliphatic rings. The number of para-hydroxylation sites is 2. The summed E-state index contributed by atoms with van der Waals surface area (Å²) in [5.74, 6) is 0. The predicted molar refractivity (Wildman–Crippen MR) is 98.5 cm³/mol. The molecular weight excluding hydrogens is 314 g/mol. The molecule has 2 amide bonds. The monoisotopic (exact) mass is 341 g/mol. The Balaban J connectivity index is 1.14. The van der Waals surface area contributed by atoms with Gasteiger partial charge in [0.1, 0.15) is 0 Å². The zero-order valence-electron chi connectivity index (χ0n) is 14.7. The molecule has 0 bridgehead atoms. The maximum absolute atomic E-state index is 12.1. The van der Waals surface area contributed by atoms with E-state index in [1.807, 2.05) is 24.5 Å². The van der Waals surface area contributed by atoms with Crippen molar-refractivity contribution >= 4 is 17.1 Å². The summed E-state index contributed by atoms with van der Waals surface area (Å²) < 4.78 is 2.14. The Bertz CT molecular complexity index is 715. The second kappa shape index (κ2) is 7.44. The summed E-state index contributed by atoms with van der Waals surface area (Å²) in [6, 6.07) is 9.27. The Labute approximate surface area is 148 Å². The van der Waals surface area contributed by atoms with Crippen molar-refractivity contribution in [2.24, 2.45) is 0 Å². The van der Waals surface area contributed by atoms with Gasteiger partial charge in [0.2, 0.25) is 0 Å². The molecule has 2 N–H and O–H groups in total. The molecule has 0 spiro atoms. The molecule has 6 heteroatoms. The number of carbonyl (C=O) groups is 1. The molecule has 1 saturated carbocycles.